The first kappa shape index (κ1) is 5.47. The molecule has 3 unspecified atom stereocenters. The Morgan fingerprint density at radius 2 is 2.50 bits per heavy atom. The van der Waals surface area contributed by atoms with E-state index in [-0.39, 0.29) is 0 Å². The average Bonchev–Trinajstić information content (AvgIpc) is 2.40. The van der Waals surface area contributed by atoms with E-state index in [4.69, 9.17) is 0 Å². The van der Waals surface area contributed by atoms with E-state index in [1.165, 1.54) is 13.0 Å². The van der Waals surface area contributed by atoms with Crippen LogP contribution in [0, 0.1) is 0 Å². The summed E-state index contributed by atoms with van der Waals surface area (Å²) in [5.74, 6) is 0. The maximum atomic E-state index is 2.64. The van der Waals surface area contributed by atoms with E-state index < -0.39 is 0 Å². The van der Waals surface area contributed by atoms with Crippen molar-refractivity contribution in [2.24, 2.45) is 0 Å². The zero-order chi connectivity index (χ0) is 5.78. The number of fused-ring (bicyclic) bond motifs is 1. The zero-order valence-corrected chi connectivity index (χ0v) is 7.47. The molecule has 0 N–H and O–H groups in total. The van der Waals surface area contributed by atoms with Crippen molar-refractivity contribution >= 4 is 0 Å². The molecule has 0 amide bonds. The first-order valence-electron chi connectivity index (χ1n) is 3.04. The molecule has 0 bridgehead atoms. The van der Waals surface area contributed by atoms with Crippen molar-refractivity contribution in [2.45, 2.75) is 22.9 Å². The minimum atomic E-state index is 0.475. The Labute approximate surface area is 60.7 Å². The Kier molecular flexibility index (Phi) is 0.956. The number of halogens is 1. The summed E-state index contributed by atoms with van der Waals surface area (Å²) < 4.78 is 0.740. The van der Waals surface area contributed by atoms with Gasteiger partial charge in [0.1, 0.15) is 0 Å². The minimum absolute atomic E-state index is 0.475. The Balaban J connectivity index is 2.06. The van der Waals surface area contributed by atoms with Crippen LogP contribution in [-0.4, -0.2) is 26.0 Å². The third kappa shape index (κ3) is 0.506. The molecule has 2 rings (SSSR count). The number of rotatable bonds is 1. The molecule has 1 nitrogen and oxygen atoms in total. The summed E-state index contributed by atoms with van der Waals surface area (Å²) in [6, 6.07) is 1.04. The van der Waals surface area contributed by atoms with Gasteiger partial charge in [-0.2, -0.15) is 0 Å². The normalized spacial score (nSPS) is 59.8. The first-order chi connectivity index (χ1) is 3.76. The van der Waals surface area contributed by atoms with Crippen LogP contribution in [0.15, 0.2) is 0 Å². The van der Waals surface area contributed by atoms with E-state index in [1.54, 1.807) is 0 Å². The first-order valence-corrected chi connectivity index (χ1v) is 6.27. The van der Waals surface area contributed by atoms with Crippen LogP contribution >= 0.6 is 0 Å². The quantitative estimate of drug-likeness (QED) is 0.206. The molecule has 3 atom stereocenters. The molecule has 0 aliphatic carbocycles. The van der Waals surface area contributed by atoms with Gasteiger partial charge in [0.15, 0.2) is 0 Å². The molecule has 0 spiro atoms. The second-order valence-electron chi connectivity index (χ2n) is 2.84. The SMILES string of the molecule is C[I-]C1(C)CC2CN21. The van der Waals surface area contributed by atoms with Crippen LogP contribution in [-0.2, 0) is 0 Å². The van der Waals surface area contributed by atoms with Crippen LogP contribution in [0.4, 0.5) is 0 Å². The fraction of sp³-hybridized carbons (Fsp3) is 1.00. The summed E-state index contributed by atoms with van der Waals surface area (Å²) in [6.45, 7) is 3.84. The fourth-order valence-electron chi connectivity index (χ4n) is 1.55. The van der Waals surface area contributed by atoms with E-state index in [2.05, 4.69) is 16.8 Å². The predicted molar refractivity (Wildman–Crippen MR) is 29.4 cm³/mol. The van der Waals surface area contributed by atoms with E-state index >= 15 is 0 Å². The summed E-state index contributed by atoms with van der Waals surface area (Å²) in [4.78, 5) is 5.04. The van der Waals surface area contributed by atoms with Gasteiger partial charge in [-0.3, -0.25) is 0 Å². The number of nitrogens with zero attached hydrogens (tertiary/aromatic N) is 1. The Morgan fingerprint density at radius 1 is 1.75 bits per heavy atom. The number of alkyl halides is 2. The molecule has 0 saturated carbocycles. The molecule has 2 aliphatic heterocycles. The molecule has 2 aliphatic rings. The average molecular weight is 224 g/mol. The van der Waals surface area contributed by atoms with Crippen LogP contribution in [0.2, 0.25) is 0 Å². The van der Waals surface area contributed by atoms with Crippen LogP contribution in [0.5, 0.6) is 0 Å². The van der Waals surface area contributed by atoms with Crippen molar-refractivity contribution in [3.05, 3.63) is 0 Å². The summed E-state index contributed by atoms with van der Waals surface area (Å²) >= 11 is 0.475. The van der Waals surface area contributed by atoms with Gasteiger partial charge in [-0.25, -0.2) is 0 Å². The Bertz CT molecular complexity index is 126. The standard InChI is InChI=1S/C6H11IN/c1-6(7-2)3-5-4-8(5)6/h5H,3-4H2,1-2H3/q-1. The fourth-order valence-corrected chi connectivity index (χ4v) is 3.71. The molecule has 2 saturated heterocycles. The number of hydrogen-bond donors (Lipinski definition) is 0. The zero-order valence-electron chi connectivity index (χ0n) is 5.32. The van der Waals surface area contributed by atoms with Gasteiger partial charge in [0.2, 0.25) is 0 Å². The molecule has 48 valence electrons. The van der Waals surface area contributed by atoms with E-state index in [9.17, 15) is 0 Å². The van der Waals surface area contributed by atoms with Gasteiger partial charge in [-0.05, 0) is 0 Å². The van der Waals surface area contributed by atoms with Crippen molar-refractivity contribution in [2.75, 3.05) is 11.5 Å². The van der Waals surface area contributed by atoms with Gasteiger partial charge in [-0.15, -0.1) is 0 Å². The van der Waals surface area contributed by atoms with Crippen LogP contribution in [0.1, 0.15) is 13.3 Å². The van der Waals surface area contributed by atoms with Crippen molar-refractivity contribution in [1.82, 2.24) is 4.90 Å². The van der Waals surface area contributed by atoms with Gasteiger partial charge in [-0.1, -0.05) is 0 Å². The summed E-state index contributed by atoms with van der Waals surface area (Å²) in [7, 11) is 0. The third-order valence-corrected chi connectivity index (χ3v) is 5.71. The molecule has 2 heterocycles. The van der Waals surface area contributed by atoms with E-state index in [0.717, 1.165) is 9.59 Å². The molecule has 8 heavy (non-hydrogen) atoms. The maximum absolute atomic E-state index is 2.64. The van der Waals surface area contributed by atoms with Gasteiger partial charge < -0.3 is 0 Å². The summed E-state index contributed by atoms with van der Waals surface area (Å²) in [6.07, 6.45) is 1.51. The van der Waals surface area contributed by atoms with Gasteiger partial charge in [0.25, 0.3) is 0 Å². The summed E-state index contributed by atoms with van der Waals surface area (Å²) in [5.41, 5.74) is 0. The van der Waals surface area contributed by atoms with Gasteiger partial charge >= 0.3 is 60.5 Å². The second-order valence-corrected chi connectivity index (χ2v) is 6.24. The molecular weight excluding hydrogens is 213 g/mol. The van der Waals surface area contributed by atoms with Crippen LogP contribution in [0.3, 0.4) is 0 Å². The second kappa shape index (κ2) is 1.40. The molecule has 0 aromatic rings. The Morgan fingerprint density at radius 3 is 2.62 bits per heavy atom. The van der Waals surface area contributed by atoms with Crippen LogP contribution in [0.25, 0.3) is 0 Å². The van der Waals surface area contributed by atoms with Gasteiger partial charge in [0.05, 0.1) is 0 Å². The molecule has 0 aromatic carbocycles. The molecule has 0 aromatic heterocycles. The van der Waals surface area contributed by atoms with E-state index in [0.29, 0.717) is 21.2 Å². The van der Waals surface area contributed by atoms with Crippen molar-refractivity contribution in [3.8, 4) is 0 Å². The Hall–Kier alpha value is 0.690. The van der Waals surface area contributed by atoms with Crippen molar-refractivity contribution < 1.29 is 21.2 Å². The molecule has 2 heteroatoms. The van der Waals surface area contributed by atoms with Crippen molar-refractivity contribution in [1.29, 1.82) is 0 Å². The van der Waals surface area contributed by atoms with Crippen LogP contribution < -0.4 is 21.2 Å². The molecular formula is C6H11IN-. The van der Waals surface area contributed by atoms with E-state index in [1.807, 2.05) is 0 Å². The number of hydrogen-bond acceptors (Lipinski definition) is 1. The summed E-state index contributed by atoms with van der Waals surface area (Å²) in [5, 5.41) is 0. The van der Waals surface area contributed by atoms with Gasteiger partial charge in [0, 0.05) is 0 Å². The third-order valence-electron chi connectivity index (χ3n) is 2.33. The topological polar surface area (TPSA) is 3.01 Å². The monoisotopic (exact) mass is 224 g/mol. The van der Waals surface area contributed by atoms with Crippen molar-refractivity contribution in [3.63, 3.8) is 0 Å². The molecule has 0 radical (unpaired) electrons. The predicted octanol–water partition coefficient (Wildman–Crippen LogP) is -2.49. The molecule has 2 fully saturated rings.